The topological polar surface area (TPSA) is 92.7 Å². The van der Waals surface area contributed by atoms with Gasteiger partial charge >= 0.3 is 5.97 Å². The standard InChI is InChI=1S/C14H12ClNO5S/c1-21-13-8-11(5-6-12(13)15)22(19,20)16-10-4-2-3-9(7-10)14(17)18/h2-8,16H,1H3,(H,17,18). The van der Waals surface area contributed by atoms with Crippen molar-refractivity contribution in [2.45, 2.75) is 4.90 Å². The molecule has 22 heavy (non-hydrogen) atoms. The van der Waals surface area contributed by atoms with Crippen LogP contribution in [0, 0.1) is 0 Å². The van der Waals surface area contributed by atoms with Crippen LogP contribution < -0.4 is 9.46 Å². The number of methoxy groups -OCH3 is 1. The van der Waals surface area contributed by atoms with E-state index in [1.165, 1.54) is 49.6 Å². The van der Waals surface area contributed by atoms with Crippen molar-refractivity contribution in [1.82, 2.24) is 0 Å². The Morgan fingerprint density at radius 3 is 2.59 bits per heavy atom. The van der Waals surface area contributed by atoms with Crippen molar-refractivity contribution in [2.24, 2.45) is 0 Å². The van der Waals surface area contributed by atoms with Gasteiger partial charge < -0.3 is 9.84 Å². The highest BCUT2D eigenvalue weighted by Crippen LogP contribution is 2.28. The summed E-state index contributed by atoms with van der Waals surface area (Å²) in [4.78, 5) is 10.9. The lowest BCUT2D eigenvalue weighted by atomic mass is 10.2. The number of aromatic carboxylic acids is 1. The summed E-state index contributed by atoms with van der Waals surface area (Å²) < 4.78 is 31.9. The number of benzene rings is 2. The fraction of sp³-hybridized carbons (Fsp3) is 0.0714. The maximum atomic E-state index is 12.3. The van der Waals surface area contributed by atoms with E-state index in [4.69, 9.17) is 21.4 Å². The molecule has 0 aliphatic heterocycles. The third kappa shape index (κ3) is 3.49. The lowest BCUT2D eigenvalue weighted by molar-refractivity contribution is 0.0697. The molecule has 6 nitrogen and oxygen atoms in total. The van der Waals surface area contributed by atoms with Crippen molar-refractivity contribution in [3.8, 4) is 5.75 Å². The Morgan fingerprint density at radius 2 is 1.95 bits per heavy atom. The van der Waals surface area contributed by atoms with Crippen molar-refractivity contribution < 1.29 is 23.1 Å². The summed E-state index contributed by atoms with van der Waals surface area (Å²) in [5, 5.41) is 9.20. The summed E-state index contributed by atoms with van der Waals surface area (Å²) in [7, 11) is -2.51. The fourth-order valence-corrected chi connectivity index (χ4v) is 3.00. The molecule has 2 aromatic carbocycles. The molecule has 0 aliphatic carbocycles. The molecule has 0 unspecified atom stereocenters. The molecule has 2 aromatic rings. The third-order valence-electron chi connectivity index (χ3n) is 2.79. The van der Waals surface area contributed by atoms with Gasteiger partial charge in [0.25, 0.3) is 10.0 Å². The van der Waals surface area contributed by atoms with Gasteiger partial charge in [-0.3, -0.25) is 4.72 Å². The molecule has 0 fully saturated rings. The highest BCUT2D eigenvalue weighted by Gasteiger charge is 2.17. The van der Waals surface area contributed by atoms with E-state index >= 15 is 0 Å². The molecule has 0 saturated heterocycles. The monoisotopic (exact) mass is 341 g/mol. The van der Waals surface area contributed by atoms with Crippen molar-refractivity contribution >= 4 is 33.3 Å². The molecule has 0 amide bonds. The van der Waals surface area contributed by atoms with Crippen LogP contribution in [0.5, 0.6) is 5.75 Å². The molecule has 0 saturated carbocycles. The quantitative estimate of drug-likeness (QED) is 0.872. The van der Waals surface area contributed by atoms with Crippen molar-refractivity contribution in [3.63, 3.8) is 0 Å². The van der Waals surface area contributed by atoms with Gasteiger partial charge in [-0.2, -0.15) is 0 Å². The molecule has 8 heteroatoms. The zero-order valence-electron chi connectivity index (χ0n) is 11.4. The summed E-state index contributed by atoms with van der Waals surface area (Å²) in [6, 6.07) is 9.52. The van der Waals surface area contributed by atoms with Gasteiger partial charge in [-0.15, -0.1) is 0 Å². The summed E-state index contributed by atoms with van der Waals surface area (Å²) in [6.45, 7) is 0. The predicted molar refractivity (Wildman–Crippen MR) is 82.2 cm³/mol. The van der Waals surface area contributed by atoms with Gasteiger partial charge in [-0.1, -0.05) is 17.7 Å². The number of rotatable bonds is 5. The number of nitrogens with one attached hydrogen (secondary N) is 1. The summed E-state index contributed by atoms with van der Waals surface area (Å²) in [6.07, 6.45) is 0. The van der Waals surface area contributed by atoms with E-state index in [0.29, 0.717) is 0 Å². The highest BCUT2D eigenvalue weighted by molar-refractivity contribution is 7.92. The minimum atomic E-state index is -3.89. The van der Waals surface area contributed by atoms with Gasteiger partial charge in [-0.05, 0) is 30.3 Å². The number of ether oxygens (including phenoxy) is 1. The van der Waals surface area contributed by atoms with Gasteiger partial charge in [-0.25, -0.2) is 13.2 Å². The minimum Gasteiger partial charge on any atom is -0.495 e. The van der Waals surface area contributed by atoms with Crippen LogP contribution in [0.3, 0.4) is 0 Å². The number of halogens is 1. The van der Waals surface area contributed by atoms with Crippen molar-refractivity contribution in [2.75, 3.05) is 11.8 Å². The second-order valence-corrected chi connectivity index (χ2v) is 6.38. The first kappa shape index (κ1) is 16.1. The van der Waals surface area contributed by atoms with E-state index in [1.54, 1.807) is 0 Å². The number of carbonyl (C=O) groups is 1. The molecular formula is C14H12ClNO5S. The molecule has 0 aliphatic rings. The Labute approximate surface area is 132 Å². The van der Waals surface area contributed by atoms with E-state index < -0.39 is 16.0 Å². The lowest BCUT2D eigenvalue weighted by Crippen LogP contribution is -2.13. The average molecular weight is 342 g/mol. The number of carboxylic acids is 1. The van der Waals surface area contributed by atoms with Gasteiger partial charge in [0.15, 0.2) is 0 Å². The zero-order valence-corrected chi connectivity index (χ0v) is 13.0. The van der Waals surface area contributed by atoms with E-state index in [0.717, 1.165) is 0 Å². The number of hydrogen-bond acceptors (Lipinski definition) is 4. The summed E-state index contributed by atoms with van der Waals surface area (Å²) >= 11 is 5.86. The second-order valence-electron chi connectivity index (χ2n) is 4.29. The highest BCUT2D eigenvalue weighted by atomic mass is 35.5. The first-order valence-electron chi connectivity index (χ1n) is 6.03. The predicted octanol–water partition coefficient (Wildman–Crippen LogP) is 2.85. The second kappa shape index (κ2) is 6.25. The smallest absolute Gasteiger partial charge is 0.335 e. The Bertz CT molecular complexity index is 820. The molecular weight excluding hydrogens is 330 g/mol. The van der Waals surface area contributed by atoms with E-state index in [-0.39, 0.29) is 26.9 Å². The fourth-order valence-electron chi connectivity index (χ4n) is 1.74. The Balaban J connectivity index is 2.35. The van der Waals surface area contributed by atoms with Crippen LogP contribution >= 0.6 is 11.6 Å². The maximum absolute atomic E-state index is 12.3. The first-order chi connectivity index (χ1) is 10.3. The SMILES string of the molecule is COc1cc(S(=O)(=O)Nc2cccc(C(=O)O)c2)ccc1Cl. The Hall–Kier alpha value is -2.25. The summed E-state index contributed by atoms with van der Waals surface area (Å²) in [5.41, 5.74) is 0.128. The van der Waals surface area contributed by atoms with Crippen LogP contribution in [0.25, 0.3) is 0 Å². The van der Waals surface area contributed by atoms with Gasteiger partial charge in [0, 0.05) is 11.8 Å². The van der Waals surface area contributed by atoms with Crippen LogP contribution in [-0.4, -0.2) is 26.6 Å². The van der Waals surface area contributed by atoms with Crippen LogP contribution in [0.2, 0.25) is 5.02 Å². The van der Waals surface area contributed by atoms with Gasteiger partial charge in [0.05, 0.1) is 22.6 Å². The van der Waals surface area contributed by atoms with Crippen LogP contribution in [0.4, 0.5) is 5.69 Å². The summed E-state index contributed by atoms with van der Waals surface area (Å²) in [5.74, 6) is -0.918. The molecule has 2 N–H and O–H groups in total. The largest absolute Gasteiger partial charge is 0.495 e. The van der Waals surface area contributed by atoms with Gasteiger partial charge in [0.1, 0.15) is 5.75 Å². The number of sulfonamides is 1. The Morgan fingerprint density at radius 1 is 1.23 bits per heavy atom. The molecule has 0 bridgehead atoms. The average Bonchev–Trinajstić information content (AvgIpc) is 2.47. The zero-order chi connectivity index (χ0) is 16.3. The molecule has 0 radical (unpaired) electrons. The molecule has 0 heterocycles. The van der Waals surface area contributed by atoms with Gasteiger partial charge in [0.2, 0.25) is 0 Å². The van der Waals surface area contributed by atoms with Crippen LogP contribution in [0.15, 0.2) is 47.4 Å². The molecule has 2 rings (SSSR count). The molecule has 0 aromatic heterocycles. The third-order valence-corrected chi connectivity index (χ3v) is 4.49. The van der Waals surface area contributed by atoms with E-state index in [9.17, 15) is 13.2 Å². The Kier molecular flexibility index (Phi) is 4.58. The number of carboxylic acid groups (broad SMARTS) is 1. The van der Waals surface area contributed by atoms with Crippen LogP contribution in [0.1, 0.15) is 10.4 Å². The van der Waals surface area contributed by atoms with Crippen molar-refractivity contribution in [1.29, 1.82) is 0 Å². The number of anilines is 1. The minimum absolute atomic E-state index is 0.0195. The van der Waals surface area contributed by atoms with E-state index in [1.807, 2.05) is 0 Å². The van der Waals surface area contributed by atoms with E-state index in [2.05, 4.69) is 4.72 Å². The van der Waals surface area contributed by atoms with Crippen molar-refractivity contribution in [3.05, 3.63) is 53.1 Å². The first-order valence-corrected chi connectivity index (χ1v) is 7.89. The molecule has 0 atom stereocenters. The maximum Gasteiger partial charge on any atom is 0.335 e. The molecule has 0 spiro atoms. The van der Waals surface area contributed by atoms with Crippen LogP contribution in [-0.2, 0) is 10.0 Å². The molecule has 116 valence electrons. The lowest BCUT2D eigenvalue weighted by Gasteiger charge is -2.10. The normalized spacial score (nSPS) is 11.0. The number of hydrogen-bond donors (Lipinski definition) is 2.